The number of aliphatic hydroxyl groups is 3. The maximum atomic E-state index is 10.00. The van der Waals surface area contributed by atoms with Gasteiger partial charge in [0.05, 0.1) is 19.6 Å². The minimum absolute atomic E-state index is 0.0456. The Morgan fingerprint density at radius 1 is 1.50 bits per heavy atom. The van der Waals surface area contributed by atoms with Crippen molar-refractivity contribution < 1.29 is 20.1 Å². The Labute approximate surface area is 115 Å². The van der Waals surface area contributed by atoms with Crippen LogP contribution in [0.4, 0.5) is 5.82 Å². The number of rotatable bonds is 2. The fourth-order valence-corrected chi connectivity index (χ4v) is 2.39. The number of hydrogen-bond donors (Lipinski definition) is 5. The summed E-state index contributed by atoms with van der Waals surface area (Å²) >= 11 is 0. The fraction of sp³-hybridized carbons (Fsp3) is 0.600. The molecule has 3 heterocycles. The zero-order valence-corrected chi connectivity index (χ0v) is 10.5. The molecule has 1 aromatic heterocycles. The number of amidine groups is 1. The molecule has 106 valence electrons. The van der Waals surface area contributed by atoms with Crippen molar-refractivity contribution >= 4 is 19.6 Å². The third-order valence-corrected chi connectivity index (χ3v) is 3.51. The van der Waals surface area contributed by atoms with E-state index in [1.165, 1.54) is 15.7 Å². The molecule has 5 N–H and O–H groups in total. The average molecular weight is 279 g/mol. The Kier molecular flexibility index (Phi) is 3.17. The van der Waals surface area contributed by atoms with Gasteiger partial charge in [-0.15, -0.1) is 0 Å². The summed E-state index contributed by atoms with van der Waals surface area (Å²) in [5.41, 5.74) is 0.330. The van der Waals surface area contributed by atoms with Gasteiger partial charge < -0.3 is 30.2 Å². The van der Waals surface area contributed by atoms with Crippen LogP contribution < -0.4 is 5.32 Å². The van der Waals surface area contributed by atoms with Crippen LogP contribution in [0.5, 0.6) is 0 Å². The molecule has 2 aliphatic rings. The predicted octanol–water partition coefficient (Wildman–Crippen LogP) is -2.41. The van der Waals surface area contributed by atoms with Crippen LogP contribution in [-0.2, 0) is 4.74 Å². The van der Waals surface area contributed by atoms with Crippen molar-refractivity contribution in [2.45, 2.75) is 24.5 Å². The molecule has 20 heavy (non-hydrogen) atoms. The Hall–Kier alpha value is -1.62. The number of aromatic nitrogens is 2. The Morgan fingerprint density at radius 2 is 2.25 bits per heavy atom. The summed E-state index contributed by atoms with van der Waals surface area (Å²) in [6.45, 7) is -0.183. The maximum absolute atomic E-state index is 10.00. The van der Waals surface area contributed by atoms with Crippen LogP contribution in [0.3, 0.4) is 0 Å². The highest BCUT2D eigenvalue weighted by molar-refractivity contribution is 6.20. The molecule has 0 aromatic carbocycles. The molecule has 10 heteroatoms. The number of aliphatic hydroxyl groups excluding tert-OH is 3. The van der Waals surface area contributed by atoms with Gasteiger partial charge in [0.25, 0.3) is 0 Å². The minimum atomic E-state index is -1.20. The van der Waals surface area contributed by atoms with Crippen molar-refractivity contribution in [1.82, 2.24) is 14.4 Å². The van der Waals surface area contributed by atoms with Gasteiger partial charge in [-0.2, -0.15) is 0 Å². The van der Waals surface area contributed by atoms with Crippen LogP contribution in [0, 0.1) is 5.41 Å². The molecule has 9 nitrogen and oxygen atoms in total. The normalized spacial score (nSPS) is 33.1. The summed E-state index contributed by atoms with van der Waals surface area (Å²) in [5, 5.41) is 39.6. The molecule has 2 aliphatic heterocycles. The largest absolute Gasteiger partial charge is 0.394 e. The van der Waals surface area contributed by atoms with E-state index >= 15 is 0 Å². The van der Waals surface area contributed by atoms with Gasteiger partial charge in [0.15, 0.2) is 6.23 Å². The molecule has 1 aromatic rings. The molecule has 1 fully saturated rings. The van der Waals surface area contributed by atoms with Gasteiger partial charge >= 0.3 is 0 Å². The minimum Gasteiger partial charge on any atom is -0.394 e. The van der Waals surface area contributed by atoms with E-state index in [1.54, 1.807) is 0 Å². The van der Waals surface area contributed by atoms with E-state index < -0.39 is 31.1 Å². The SMILES string of the molecule is [B]N1CNc2c(ncn2[C@@H]2O[C@H](CO)[C@@H](O)[C@H]2O)C1=N. The number of anilines is 1. The van der Waals surface area contributed by atoms with Gasteiger partial charge in [0.2, 0.25) is 7.98 Å². The third kappa shape index (κ3) is 1.80. The number of nitrogens with zero attached hydrogens (tertiary/aromatic N) is 3. The molecule has 4 atom stereocenters. The van der Waals surface area contributed by atoms with E-state index in [2.05, 4.69) is 10.3 Å². The van der Waals surface area contributed by atoms with Gasteiger partial charge in [-0.1, -0.05) is 0 Å². The lowest BCUT2D eigenvalue weighted by atomic mass is 10.1. The number of nitrogens with one attached hydrogen (secondary N) is 2. The van der Waals surface area contributed by atoms with Crippen molar-refractivity contribution in [2.75, 3.05) is 18.6 Å². The number of hydrogen-bond acceptors (Lipinski definition) is 7. The Morgan fingerprint density at radius 3 is 2.90 bits per heavy atom. The quantitative estimate of drug-likeness (QED) is 0.381. The van der Waals surface area contributed by atoms with Crippen LogP contribution in [-0.4, -0.2) is 75.1 Å². The first-order valence-corrected chi connectivity index (χ1v) is 6.09. The summed E-state index contributed by atoms with van der Waals surface area (Å²) in [5.74, 6) is 0.524. The first-order chi connectivity index (χ1) is 9.54. The smallest absolute Gasteiger partial charge is 0.231 e. The highest BCUT2D eigenvalue weighted by Gasteiger charge is 2.44. The van der Waals surface area contributed by atoms with Crippen LogP contribution in [0.1, 0.15) is 11.9 Å². The van der Waals surface area contributed by atoms with E-state index in [-0.39, 0.29) is 12.5 Å². The van der Waals surface area contributed by atoms with E-state index in [0.717, 1.165) is 0 Å². The molecule has 0 bridgehead atoms. The van der Waals surface area contributed by atoms with Crippen LogP contribution in [0.2, 0.25) is 0 Å². The fourth-order valence-electron chi connectivity index (χ4n) is 2.39. The third-order valence-electron chi connectivity index (χ3n) is 3.51. The predicted molar refractivity (Wildman–Crippen MR) is 68.1 cm³/mol. The lowest BCUT2D eigenvalue weighted by Gasteiger charge is -2.28. The number of fused-ring (bicyclic) bond motifs is 1. The van der Waals surface area contributed by atoms with Gasteiger partial charge in [0, 0.05) is 0 Å². The summed E-state index contributed by atoms with van der Waals surface area (Å²) in [6.07, 6.45) is -2.73. The molecule has 0 saturated carbocycles. The van der Waals surface area contributed by atoms with E-state index in [1.807, 2.05) is 0 Å². The first kappa shape index (κ1) is 13.4. The van der Waals surface area contributed by atoms with Crippen molar-refractivity contribution in [3.05, 3.63) is 12.0 Å². The highest BCUT2D eigenvalue weighted by Crippen LogP contribution is 2.33. The zero-order valence-electron chi connectivity index (χ0n) is 10.5. The summed E-state index contributed by atoms with van der Waals surface area (Å²) in [6, 6.07) is 0. The molecular weight excluding hydrogens is 265 g/mol. The molecule has 1 saturated heterocycles. The molecule has 2 radical (unpaired) electrons. The standard InChI is InChI=1S/C10H14BN5O4/c11-16-3-14-9-5(8(16)12)13-2-15(9)10-7(19)6(18)4(1-17)20-10/h2,4,6-7,10,12,14,17-19H,1,3H2/t4-,6-,7-,10-/m1/s1. The Balaban J connectivity index is 1.93. The molecule has 0 unspecified atom stereocenters. The van der Waals surface area contributed by atoms with E-state index in [0.29, 0.717) is 11.5 Å². The monoisotopic (exact) mass is 279 g/mol. The van der Waals surface area contributed by atoms with Crippen LogP contribution >= 0.6 is 0 Å². The summed E-state index contributed by atoms with van der Waals surface area (Å²) < 4.78 is 6.91. The van der Waals surface area contributed by atoms with Gasteiger partial charge in [-0.3, -0.25) is 9.98 Å². The summed E-state index contributed by atoms with van der Waals surface area (Å²) in [7, 11) is 5.59. The second-order valence-corrected chi connectivity index (χ2v) is 4.73. The van der Waals surface area contributed by atoms with E-state index in [4.69, 9.17) is 23.2 Å². The topological polar surface area (TPSA) is 127 Å². The molecule has 3 rings (SSSR count). The summed E-state index contributed by atoms with van der Waals surface area (Å²) in [4.78, 5) is 5.25. The lowest BCUT2D eigenvalue weighted by Crippen LogP contribution is -2.39. The van der Waals surface area contributed by atoms with Crippen molar-refractivity contribution in [2.24, 2.45) is 0 Å². The van der Waals surface area contributed by atoms with Crippen LogP contribution in [0.15, 0.2) is 6.33 Å². The molecule has 0 spiro atoms. The molecule has 0 amide bonds. The first-order valence-electron chi connectivity index (χ1n) is 6.09. The van der Waals surface area contributed by atoms with Crippen molar-refractivity contribution in [1.29, 1.82) is 5.41 Å². The average Bonchev–Trinajstić information content (AvgIpc) is 2.98. The van der Waals surface area contributed by atoms with E-state index in [9.17, 15) is 10.2 Å². The number of ether oxygens (including phenoxy) is 1. The van der Waals surface area contributed by atoms with Gasteiger partial charge in [-0.05, 0) is 0 Å². The van der Waals surface area contributed by atoms with Gasteiger partial charge in [-0.25, -0.2) is 4.98 Å². The second kappa shape index (κ2) is 4.74. The second-order valence-electron chi connectivity index (χ2n) is 4.73. The Bertz CT molecular complexity index is 538. The van der Waals surface area contributed by atoms with Crippen molar-refractivity contribution in [3.63, 3.8) is 0 Å². The molecular formula is C10H14BN5O4. The maximum Gasteiger partial charge on any atom is 0.231 e. The van der Waals surface area contributed by atoms with Gasteiger partial charge in [0.1, 0.15) is 35.7 Å². The molecule has 0 aliphatic carbocycles. The van der Waals surface area contributed by atoms with Crippen LogP contribution in [0.25, 0.3) is 0 Å². The lowest BCUT2D eigenvalue weighted by molar-refractivity contribution is -0.0519. The number of imidazole rings is 1. The van der Waals surface area contributed by atoms with Crippen molar-refractivity contribution in [3.8, 4) is 0 Å². The zero-order chi connectivity index (χ0) is 14.4. The highest BCUT2D eigenvalue weighted by atomic mass is 16.6.